The van der Waals surface area contributed by atoms with Gasteiger partial charge in [-0.15, -0.1) is 0 Å². The highest BCUT2D eigenvalue weighted by atomic mass is 19.1. The van der Waals surface area contributed by atoms with Crippen molar-refractivity contribution in [3.05, 3.63) is 29.6 Å². The fraction of sp³-hybridized carbons (Fsp3) is 0.385. The van der Waals surface area contributed by atoms with Crippen LogP contribution in [0.1, 0.15) is 10.4 Å². The van der Waals surface area contributed by atoms with Crippen LogP contribution in [0.5, 0.6) is 5.75 Å². The number of amides is 2. The van der Waals surface area contributed by atoms with Gasteiger partial charge in [-0.1, -0.05) is 0 Å². The Bertz CT molecular complexity index is 519. The van der Waals surface area contributed by atoms with Crippen molar-refractivity contribution in [1.82, 2.24) is 9.80 Å². The molecule has 1 aromatic rings. The van der Waals surface area contributed by atoms with Crippen LogP contribution in [0.25, 0.3) is 0 Å². The molecule has 0 N–H and O–H groups in total. The Morgan fingerprint density at radius 1 is 1.37 bits per heavy atom. The molecule has 102 valence electrons. The fourth-order valence-electron chi connectivity index (χ4n) is 1.90. The van der Waals surface area contributed by atoms with E-state index in [2.05, 4.69) is 0 Å². The van der Waals surface area contributed by atoms with Gasteiger partial charge in [0.25, 0.3) is 5.91 Å². The predicted octanol–water partition coefficient (Wildman–Crippen LogP) is 0.748. The van der Waals surface area contributed by atoms with Crippen LogP contribution in [0.4, 0.5) is 4.39 Å². The number of likely N-dealkylation sites (N-methyl/N-ethyl adjacent to an activating group) is 1. The van der Waals surface area contributed by atoms with Crippen molar-refractivity contribution < 1.29 is 18.7 Å². The quantitative estimate of drug-likeness (QED) is 0.793. The van der Waals surface area contributed by atoms with Crippen LogP contribution in [0, 0.1) is 5.82 Å². The highest BCUT2D eigenvalue weighted by molar-refractivity contribution is 5.97. The van der Waals surface area contributed by atoms with Crippen molar-refractivity contribution in [2.45, 2.75) is 0 Å². The highest BCUT2D eigenvalue weighted by Gasteiger charge is 2.27. The summed E-state index contributed by atoms with van der Waals surface area (Å²) < 4.78 is 18.7. The molecular weight excluding hydrogens is 251 g/mol. The van der Waals surface area contributed by atoms with Gasteiger partial charge in [-0.25, -0.2) is 4.39 Å². The van der Waals surface area contributed by atoms with Crippen molar-refractivity contribution in [3.63, 3.8) is 0 Å². The van der Waals surface area contributed by atoms with E-state index >= 15 is 0 Å². The number of carbonyl (C=O) groups excluding carboxylic acids is 2. The molecule has 0 aromatic heterocycles. The lowest BCUT2D eigenvalue weighted by atomic mass is 10.1. The van der Waals surface area contributed by atoms with Gasteiger partial charge in [0.15, 0.2) is 0 Å². The number of methoxy groups -OCH3 is 1. The SMILES string of the molecule is COc1ccc(C(=O)N2CCN(C)C(=O)C2)c(F)c1. The van der Waals surface area contributed by atoms with Crippen molar-refractivity contribution in [3.8, 4) is 5.75 Å². The molecule has 2 amide bonds. The Morgan fingerprint density at radius 3 is 2.68 bits per heavy atom. The van der Waals surface area contributed by atoms with Gasteiger partial charge in [0.05, 0.1) is 12.7 Å². The molecule has 0 bridgehead atoms. The molecular formula is C13H15FN2O3. The zero-order valence-electron chi connectivity index (χ0n) is 10.9. The minimum absolute atomic E-state index is 0.0131. The Morgan fingerprint density at radius 2 is 2.11 bits per heavy atom. The maximum atomic E-state index is 13.8. The van der Waals surface area contributed by atoms with Crippen molar-refractivity contribution >= 4 is 11.8 Å². The van der Waals surface area contributed by atoms with Crippen LogP contribution < -0.4 is 4.74 Å². The number of hydrogen-bond acceptors (Lipinski definition) is 3. The summed E-state index contributed by atoms with van der Waals surface area (Å²) >= 11 is 0. The molecule has 2 rings (SSSR count). The van der Waals surface area contributed by atoms with Crippen LogP contribution in [0.15, 0.2) is 18.2 Å². The fourth-order valence-corrected chi connectivity index (χ4v) is 1.90. The molecule has 1 heterocycles. The number of halogens is 1. The summed E-state index contributed by atoms with van der Waals surface area (Å²) in [6.07, 6.45) is 0. The van der Waals surface area contributed by atoms with E-state index in [0.717, 1.165) is 6.07 Å². The summed E-state index contributed by atoms with van der Waals surface area (Å²) in [5.74, 6) is -0.908. The van der Waals surface area contributed by atoms with Crippen molar-refractivity contribution in [2.24, 2.45) is 0 Å². The third-order valence-corrected chi connectivity index (χ3v) is 3.15. The Balaban J connectivity index is 2.18. The molecule has 1 aliphatic rings. The molecule has 0 unspecified atom stereocenters. The van der Waals surface area contributed by atoms with Crippen LogP contribution in [-0.2, 0) is 4.79 Å². The number of carbonyl (C=O) groups is 2. The number of nitrogens with zero attached hydrogens (tertiary/aromatic N) is 2. The first-order valence-electron chi connectivity index (χ1n) is 5.89. The lowest BCUT2D eigenvalue weighted by Crippen LogP contribution is -2.50. The van der Waals surface area contributed by atoms with Gasteiger partial charge >= 0.3 is 0 Å². The number of benzene rings is 1. The Hall–Kier alpha value is -2.11. The number of hydrogen-bond donors (Lipinski definition) is 0. The second kappa shape index (κ2) is 5.26. The van der Waals surface area contributed by atoms with Crippen molar-refractivity contribution in [2.75, 3.05) is 33.8 Å². The predicted molar refractivity (Wildman–Crippen MR) is 66.5 cm³/mol. The van der Waals surface area contributed by atoms with Crippen molar-refractivity contribution in [1.29, 1.82) is 0 Å². The van der Waals surface area contributed by atoms with Gasteiger partial charge in [-0.05, 0) is 12.1 Å². The molecule has 6 heteroatoms. The van der Waals surface area contributed by atoms with Gasteiger partial charge in [-0.2, -0.15) is 0 Å². The molecule has 1 aromatic carbocycles. The van der Waals surface area contributed by atoms with E-state index in [1.165, 1.54) is 24.1 Å². The third kappa shape index (κ3) is 2.67. The summed E-state index contributed by atoms with van der Waals surface area (Å²) in [7, 11) is 3.10. The number of ether oxygens (including phenoxy) is 1. The molecule has 1 aliphatic heterocycles. The lowest BCUT2D eigenvalue weighted by Gasteiger charge is -2.32. The van der Waals surface area contributed by atoms with E-state index in [1.807, 2.05) is 0 Å². The van der Waals surface area contributed by atoms with Crippen LogP contribution in [0.2, 0.25) is 0 Å². The molecule has 0 aliphatic carbocycles. The monoisotopic (exact) mass is 266 g/mol. The summed E-state index contributed by atoms with van der Waals surface area (Å²) in [4.78, 5) is 26.6. The zero-order valence-corrected chi connectivity index (χ0v) is 10.9. The van der Waals surface area contributed by atoms with E-state index in [0.29, 0.717) is 18.8 Å². The average molecular weight is 266 g/mol. The highest BCUT2D eigenvalue weighted by Crippen LogP contribution is 2.18. The van der Waals surface area contributed by atoms with E-state index in [4.69, 9.17) is 4.74 Å². The van der Waals surface area contributed by atoms with Gasteiger partial charge in [-0.3, -0.25) is 9.59 Å². The molecule has 19 heavy (non-hydrogen) atoms. The smallest absolute Gasteiger partial charge is 0.257 e. The number of piperazine rings is 1. The summed E-state index contributed by atoms with van der Waals surface area (Å²) in [6, 6.07) is 4.05. The normalized spacial score (nSPS) is 15.6. The first kappa shape index (κ1) is 13.3. The van der Waals surface area contributed by atoms with E-state index in [1.54, 1.807) is 11.9 Å². The molecule has 1 saturated heterocycles. The minimum atomic E-state index is -0.643. The van der Waals surface area contributed by atoms with Gasteiger partial charge in [0.2, 0.25) is 5.91 Å². The maximum absolute atomic E-state index is 13.8. The summed E-state index contributed by atoms with van der Waals surface area (Å²) in [6.45, 7) is 0.857. The largest absolute Gasteiger partial charge is 0.497 e. The Kier molecular flexibility index (Phi) is 3.69. The maximum Gasteiger partial charge on any atom is 0.257 e. The molecule has 0 spiro atoms. The first-order chi connectivity index (χ1) is 9.02. The third-order valence-electron chi connectivity index (χ3n) is 3.15. The van der Waals surface area contributed by atoms with Gasteiger partial charge in [0, 0.05) is 26.2 Å². The van der Waals surface area contributed by atoms with Gasteiger partial charge in [0.1, 0.15) is 18.1 Å². The van der Waals surface area contributed by atoms with Gasteiger partial charge < -0.3 is 14.5 Å². The second-order valence-corrected chi connectivity index (χ2v) is 4.39. The molecule has 0 atom stereocenters. The average Bonchev–Trinajstić information content (AvgIpc) is 2.41. The topological polar surface area (TPSA) is 49.9 Å². The van der Waals surface area contributed by atoms with E-state index in [9.17, 15) is 14.0 Å². The molecule has 0 radical (unpaired) electrons. The lowest BCUT2D eigenvalue weighted by molar-refractivity contribution is -0.133. The van der Waals surface area contributed by atoms with E-state index in [-0.39, 0.29) is 18.0 Å². The van der Waals surface area contributed by atoms with Crippen LogP contribution in [0.3, 0.4) is 0 Å². The second-order valence-electron chi connectivity index (χ2n) is 4.39. The van der Waals surface area contributed by atoms with Crippen LogP contribution >= 0.6 is 0 Å². The molecule has 5 nitrogen and oxygen atoms in total. The Labute approximate surface area is 110 Å². The zero-order chi connectivity index (χ0) is 14.0. The van der Waals surface area contributed by atoms with E-state index < -0.39 is 11.7 Å². The molecule has 1 fully saturated rings. The number of rotatable bonds is 2. The molecule has 0 saturated carbocycles. The summed E-state index contributed by atoms with van der Waals surface area (Å²) in [5.41, 5.74) is -0.0434. The first-order valence-corrected chi connectivity index (χ1v) is 5.89. The standard InChI is InChI=1S/C13H15FN2O3/c1-15-5-6-16(8-12(15)17)13(18)10-4-3-9(19-2)7-11(10)14/h3-4,7H,5-6,8H2,1-2H3. The minimum Gasteiger partial charge on any atom is -0.497 e. The summed E-state index contributed by atoms with van der Waals surface area (Å²) in [5, 5.41) is 0. The van der Waals surface area contributed by atoms with Crippen LogP contribution in [-0.4, -0.2) is 55.4 Å².